The third-order valence-electron chi connectivity index (χ3n) is 3.73. The number of carbonyl (C=O) groups is 1. The lowest BCUT2D eigenvalue weighted by atomic mass is 10.2. The Morgan fingerprint density at radius 3 is 2.34 bits per heavy atom. The van der Waals surface area contributed by atoms with E-state index in [1.165, 1.54) is 30.6 Å². The van der Waals surface area contributed by atoms with Crippen LogP contribution >= 0.6 is 34.5 Å². The van der Waals surface area contributed by atoms with Gasteiger partial charge >= 0.3 is 0 Å². The summed E-state index contributed by atoms with van der Waals surface area (Å²) in [4.78, 5) is 13.9. The molecule has 1 amide bonds. The van der Waals surface area contributed by atoms with Crippen molar-refractivity contribution >= 4 is 61.8 Å². The van der Waals surface area contributed by atoms with E-state index in [0.29, 0.717) is 20.6 Å². The number of halogens is 2. The van der Waals surface area contributed by atoms with Crippen molar-refractivity contribution < 1.29 is 17.9 Å². The van der Waals surface area contributed by atoms with Crippen LogP contribution in [-0.2, 0) is 10.0 Å². The molecule has 0 bridgehead atoms. The Morgan fingerprint density at radius 1 is 1.03 bits per heavy atom. The van der Waals surface area contributed by atoms with E-state index < -0.39 is 10.0 Å². The first-order valence-electron chi connectivity index (χ1n) is 8.18. The molecule has 0 aliphatic rings. The van der Waals surface area contributed by atoms with Crippen LogP contribution in [0.2, 0.25) is 10.0 Å². The van der Waals surface area contributed by atoms with Gasteiger partial charge in [-0.2, -0.15) is 0 Å². The average molecular weight is 471 g/mol. The van der Waals surface area contributed by atoms with Crippen molar-refractivity contribution in [2.24, 2.45) is 0 Å². The average Bonchev–Trinajstić information content (AvgIpc) is 3.11. The standard InChI is InChI=1S/C19H16Cl2N2O4S2/c1-27-16-10-14(3-4-15(16)23-29(2,25)26)22-19(24)18-6-5-17(28-18)11-7-12(20)9-13(21)8-11/h3-10,23H,1-2H3,(H,22,24). The lowest BCUT2D eigenvalue weighted by Crippen LogP contribution is -2.12. The molecule has 6 nitrogen and oxygen atoms in total. The Balaban J connectivity index is 1.79. The topological polar surface area (TPSA) is 84.5 Å². The molecule has 0 fully saturated rings. The van der Waals surface area contributed by atoms with E-state index in [9.17, 15) is 13.2 Å². The van der Waals surface area contributed by atoms with E-state index in [4.69, 9.17) is 27.9 Å². The quantitative estimate of drug-likeness (QED) is 0.507. The molecule has 2 N–H and O–H groups in total. The van der Waals surface area contributed by atoms with E-state index in [0.717, 1.165) is 16.7 Å². The van der Waals surface area contributed by atoms with Gasteiger partial charge in [-0.1, -0.05) is 23.2 Å². The fourth-order valence-corrected chi connectivity index (χ4v) is 4.54. The summed E-state index contributed by atoms with van der Waals surface area (Å²) in [5.41, 5.74) is 1.57. The van der Waals surface area contributed by atoms with Gasteiger partial charge in [0.1, 0.15) is 5.75 Å². The van der Waals surface area contributed by atoms with Gasteiger partial charge in [-0.15, -0.1) is 11.3 Å². The molecular weight excluding hydrogens is 455 g/mol. The maximum atomic E-state index is 12.6. The number of amides is 1. The number of benzene rings is 2. The van der Waals surface area contributed by atoms with Gasteiger partial charge in [0.15, 0.2) is 0 Å². The number of hydrogen-bond donors (Lipinski definition) is 2. The minimum Gasteiger partial charge on any atom is -0.494 e. The minimum absolute atomic E-state index is 0.282. The molecule has 3 rings (SSSR count). The van der Waals surface area contributed by atoms with Gasteiger partial charge < -0.3 is 10.1 Å². The lowest BCUT2D eigenvalue weighted by molar-refractivity contribution is 0.103. The Morgan fingerprint density at radius 2 is 1.72 bits per heavy atom. The van der Waals surface area contributed by atoms with Crippen molar-refractivity contribution in [1.82, 2.24) is 0 Å². The van der Waals surface area contributed by atoms with Gasteiger partial charge in [0.05, 0.1) is 23.9 Å². The Hall–Kier alpha value is -2.26. The minimum atomic E-state index is -3.45. The molecule has 29 heavy (non-hydrogen) atoms. The molecule has 0 spiro atoms. The Bertz CT molecular complexity index is 1160. The number of sulfonamides is 1. The molecule has 1 aromatic heterocycles. The van der Waals surface area contributed by atoms with Crippen LogP contribution in [0.4, 0.5) is 11.4 Å². The molecule has 10 heteroatoms. The number of anilines is 2. The van der Waals surface area contributed by atoms with E-state index in [1.807, 2.05) is 6.07 Å². The third-order valence-corrected chi connectivity index (χ3v) is 5.89. The summed E-state index contributed by atoms with van der Waals surface area (Å²) in [6.45, 7) is 0. The van der Waals surface area contributed by atoms with E-state index in [1.54, 1.807) is 30.3 Å². The first kappa shape index (κ1) is 21.4. The maximum absolute atomic E-state index is 12.6. The molecule has 1 heterocycles. The predicted molar refractivity (Wildman–Crippen MR) is 119 cm³/mol. The molecule has 0 aliphatic heterocycles. The van der Waals surface area contributed by atoms with Crippen molar-refractivity contribution in [1.29, 1.82) is 0 Å². The highest BCUT2D eigenvalue weighted by molar-refractivity contribution is 7.92. The highest BCUT2D eigenvalue weighted by Gasteiger charge is 2.14. The third kappa shape index (κ3) is 5.63. The molecule has 0 saturated carbocycles. The molecule has 152 valence electrons. The van der Waals surface area contributed by atoms with Crippen LogP contribution in [0.1, 0.15) is 9.67 Å². The zero-order chi connectivity index (χ0) is 21.2. The number of ether oxygens (including phenoxy) is 1. The monoisotopic (exact) mass is 470 g/mol. The van der Waals surface area contributed by atoms with Crippen LogP contribution in [0.15, 0.2) is 48.5 Å². The number of rotatable bonds is 6. The summed E-state index contributed by atoms with van der Waals surface area (Å²) in [5.74, 6) is -0.0195. The SMILES string of the molecule is COc1cc(NC(=O)c2ccc(-c3cc(Cl)cc(Cl)c3)s2)ccc1NS(C)(=O)=O. The summed E-state index contributed by atoms with van der Waals surface area (Å²) in [6, 6.07) is 13.4. The molecule has 0 radical (unpaired) electrons. The number of carbonyl (C=O) groups excluding carboxylic acids is 1. The maximum Gasteiger partial charge on any atom is 0.265 e. The van der Waals surface area contributed by atoms with Gasteiger partial charge in [0, 0.05) is 26.7 Å². The summed E-state index contributed by atoms with van der Waals surface area (Å²) in [7, 11) is -2.04. The molecule has 2 aromatic carbocycles. The summed E-state index contributed by atoms with van der Waals surface area (Å²) in [6.07, 6.45) is 1.05. The van der Waals surface area contributed by atoms with Crippen molar-refractivity contribution in [2.75, 3.05) is 23.4 Å². The van der Waals surface area contributed by atoms with Gasteiger partial charge in [0.2, 0.25) is 10.0 Å². The van der Waals surface area contributed by atoms with Crippen molar-refractivity contribution in [3.05, 3.63) is 63.5 Å². The van der Waals surface area contributed by atoms with Crippen LogP contribution in [0, 0.1) is 0 Å². The molecule has 0 atom stereocenters. The summed E-state index contributed by atoms with van der Waals surface area (Å²) < 4.78 is 30.4. The van der Waals surface area contributed by atoms with Crippen molar-refractivity contribution in [3.8, 4) is 16.2 Å². The van der Waals surface area contributed by atoms with Gasteiger partial charge in [-0.3, -0.25) is 9.52 Å². The molecular formula is C19H16Cl2N2O4S2. The lowest BCUT2D eigenvalue weighted by Gasteiger charge is -2.12. The van der Waals surface area contributed by atoms with Crippen LogP contribution in [0.25, 0.3) is 10.4 Å². The normalized spacial score (nSPS) is 11.2. The number of hydrogen-bond acceptors (Lipinski definition) is 5. The van der Waals surface area contributed by atoms with Crippen LogP contribution < -0.4 is 14.8 Å². The first-order valence-corrected chi connectivity index (χ1v) is 11.6. The Kier molecular flexibility index (Phi) is 6.38. The smallest absolute Gasteiger partial charge is 0.265 e. The first-order chi connectivity index (χ1) is 13.6. The molecule has 0 unspecified atom stereocenters. The fourth-order valence-electron chi connectivity index (χ4n) is 2.56. The second-order valence-electron chi connectivity index (χ2n) is 6.07. The van der Waals surface area contributed by atoms with Gasteiger partial charge in [-0.25, -0.2) is 8.42 Å². The van der Waals surface area contributed by atoms with Crippen LogP contribution in [0.3, 0.4) is 0 Å². The Labute approximate surface area is 182 Å². The van der Waals surface area contributed by atoms with E-state index in [-0.39, 0.29) is 17.3 Å². The fraction of sp³-hybridized carbons (Fsp3) is 0.105. The summed E-state index contributed by atoms with van der Waals surface area (Å²) >= 11 is 13.4. The van der Waals surface area contributed by atoms with Gasteiger partial charge in [0.25, 0.3) is 5.91 Å². The summed E-state index contributed by atoms with van der Waals surface area (Å²) in [5, 5.41) is 3.80. The second kappa shape index (κ2) is 8.62. The largest absolute Gasteiger partial charge is 0.494 e. The van der Waals surface area contributed by atoms with Crippen molar-refractivity contribution in [2.45, 2.75) is 0 Å². The van der Waals surface area contributed by atoms with Crippen LogP contribution in [-0.4, -0.2) is 27.7 Å². The van der Waals surface area contributed by atoms with E-state index >= 15 is 0 Å². The molecule has 3 aromatic rings. The van der Waals surface area contributed by atoms with Crippen molar-refractivity contribution in [3.63, 3.8) is 0 Å². The zero-order valence-corrected chi connectivity index (χ0v) is 18.5. The van der Waals surface area contributed by atoms with Gasteiger partial charge in [-0.05, 0) is 48.0 Å². The molecule has 0 saturated heterocycles. The van der Waals surface area contributed by atoms with E-state index in [2.05, 4.69) is 10.0 Å². The second-order valence-corrected chi connectivity index (χ2v) is 9.77. The zero-order valence-electron chi connectivity index (χ0n) is 15.3. The number of thiophene rings is 1. The highest BCUT2D eigenvalue weighted by atomic mass is 35.5. The number of methoxy groups -OCH3 is 1. The predicted octanol–water partition coefficient (Wildman–Crippen LogP) is 5.35. The molecule has 0 aliphatic carbocycles. The number of nitrogens with one attached hydrogen (secondary N) is 2. The van der Waals surface area contributed by atoms with Crippen LogP contribution in [0.5, 0.6) is 5.75 Å². The highest BCUT2D eigenvalue weighted by Crippen LogP contribution is 2.33.